The molecule has 138 valence electrons. The minimum Gasteiger partial charge on any atom is -0.417 e. The van der Waals surface area contributed by atoms with Crippen LogP contribution in [0.2, 0.25) is 65.0 Å². The van der Waals surface area contributed by atoms with Crippen LogP contribution < -0.4 is 5.32 Å². The lowest BCUT2D eigenvalue weighted by Crippen LogP contribution is -2.60. The SMILES string of the molecule is CC(=O)NCCC[Si](O[Si](C)(C)C)(O[Si](C)(C)C)O[Si](C)(C)C. The molecule has 5 nitrogen and oxygen atoms in total. The van der Waals surface area contributed by atoms with Gasteiger partial charge < -0.3 is 17.7 Å². The zero-order valence-corrected chi connectivity index (χ0v) is 20.8. The summed E-state index contributed by atoms with van der Waals surface area (Å²) >= 11 is 0. The quantitative estimate of drug-likeness (QED) is 0.448. The number of hydrogen-bond donors (Lipinski definition) is 1. The highest BCUT2D eigenvalue weighted by Gasteiger charge is 2.49. The molecule has 0 fully saturated rings. The summed E-state index contributed by atoms with van der Waals surface area (Å²) in [5.41, 5.74) is 0. The fourth-order valence-electron chi connectivity index (χ4n) is 2.18. The molecule has 9 heteroatoms. The first-order valence-electron chi connectivity index (χ1n) is 8.39. The van der Waals surface area contributed by atoms with Gasteiger partial charge in [-0.1, -0.05) is 0 Å². The predicted molar refractivity (Wildman–Crippen MR) is 107 cm³/mol. The first-order valence-corrected chi connectivity index (χ1v) is 20.5. The van der Waals surface area contributed by atoms with Gasteiger partial charge in [-0.25, -0.2) is 0 Å². The third kappa shape index (κ3) is 13.2. The summed E-state index contributed by atoms with van der Waals surface area (Å²) in [5.74, 6) is 0.000566. The van der Waals surface area contributed by atoms with Crippen molar-refractivity contribution in [2.45, 2.75) is 78.3 Å². The van der Waals surface area contributed by atoms with Crippen molar-refractivity contribution in [3.8, 4) is 0 Å². The Balaban J connectivity index is 5.32. The Morgan fingerprint density at radius 3 is 1.39 bits per heavy atom. The van der Waals surface area contributed by atoms with Crippen LogP contribution in [0, 0.1) is 0 Å². The van der Waals surface area contributed by atoms with Crippen LogP contribution in [0.3, 0.4) is 0 Å². The number of carbonyl (C=O) groups is 1. The maximum absolute atomic E-state index is 11.1. The van der Waals surface area contributed by atoms with Crippen molar-refractivity contribution in [1.82, 2.24) is 5.32 Å². The van der Waals surface area contributed by atoms with Gasteiger partial charge in [0.25, 0.3) is 0 Å². The van der Waals surface area contributed by atoms with Gasteiger partial charge in [0.1, 0.15) is 0 Å². The number of rotatable bonds is 10. The van der Waals surface area contributed by atoms with E-state index in [0.29, 0.717) is 6.54 Å². The molecule has 0 atom stereocenters. The van der Waals surface area contributed by atoms with E-state index in [2.05, 4.69) is 64.2 Å². The molecule has 0 aliphatic carbocycles. The highest BCUT2D eigenvalue weighted by Crippen LogP contribution is 2.29. The lowest BCUT2D eigenvalue weighted by atomic mass is 10.5. The predicted octanol–water partition coefficient (Wildman–Crippen LogP) is 4.01. The zero-order valence-electron chi connectivity index (χ0n) is 16.8. The van der Waals surface area contributed by atoms with E-state index in [1.165, 1.54) is 0 Å². The maximum atomic E-state index is 11.1. The summed E-state index contributed by atoms with van der Waals surface area (Å²) in [6.45, 7) is 21.8. The van der Waals surface area contributed by atoms with Gasteiger partial charge in [0, 0.05) is 19.5 Å². The summed E-state index contributed by atoms with van der Waals surface area (Å²) < 4.78 is 19.7. The minimum absolute atomic E-state index is 0.000566. The van der Waals surface area contributed by atoms with Crippen molar-refractivity contribution in [1.29, 1.82) is 0 Å². The molecule has 0 aromatic heterocycles. The molecule has 1 amide bonds. The van der Waals surface area contributed by atoms with E-state index in [-0.39, 0.29) is 5.91 Å². The third-order valence-electron chi connectivity index (χ3n) is 2.42. The molecule has 0 spiro atoms. The molecule has 0 unspecified atom stereocenters. The number of carbonyl (C=O) groups excluding carboxylic acids is 1. The first-order chi connectivity index (χ1) is 10.0. The van der Waals surface area contributed by atoms with Gasteiger partial charge in [-0.05, 0) is 65.3 Å². The van der Waals surface area contributed by atoms with E-state index in [0.717, 1.165) is 12.5 Å². The normalized spacial score (nSPS) is 14.0. The van der Waals surface area contributed by atoms with Crippen LogP contribution in [0.25, 0.3) is 0 Å². The maximum Gasteiger partial charge on any atom is 0.469 e. The summed E-state index contributed by atoms with van der Waals surface area (Å²) in [4.78, 5) is 11.1. The van der Waals surface area contributed by atoms with Crippen LogP contribution in [-0.4, -0.2) is 46.2 Å². The number of amides is 1. The largest absolute Gasteiger partial charge is 0.469 e. The van der Waals surface area contributed by atoms with Gasteiger partial charge in [-0.3, -0.25) is 4.79 Å². The molecular weight excluding hydrogens is 359 g/mol. The van der Waals surface area contributed by atoms with Crippen LogP contribution in [-0.2, 0) is 17.1 Å². The topological polar surface area (TPSA) is 56.8 Å². The molecule has 0 saturated heterocycles. The molecule has 0 aliphatic rings. The van der Waals surface area contributed by atoms with Crippen LogP contribution in [0.15, 0.2) is 0 Å². The van der Waals surface area contributed by atoms with Crippen molar-refractivity contribution < 1.29 is 17.1 Å². The average molecular weight is 396 g/mol. The summed E-state index contributed by atoms with van der Waals surface area (Å²) in [6, 6.07) is 0.770. The zero-order chi connectivity index (χ0) is 18.5. The van der Waals surface area contributed by atoms with E-state index >= 15 is 0 Å². The molecule has 0 radical (unpaired) electrons. The summed E-state index contributed by atoms with van der Waals surface area (Å²) in [6.07, 6.45) is 0.825. The fourth-order valence-corrected chi connectivity index (χ4v) is 16.8. The van der Waals surface area contributed by atoms with Crippen molar-refractivity contribution in [2.24, 2.45) is 0 Å². The van der Waals surface area contributed by atoms with E-state index < -0.39 is 33.8 Å². The van der Waals surface area contributed by atoms with Gasteiger partial charge >= 0.3 is 8.80 Å². The Labute approximate surface area is 147 Å². The Bertz CT molecular complexity index is 345. The molecule has 0 bridgehead atoms. The molecule has 23 heavy (non-hydrogen) atoms. The van der Waals surface area contributed by atoms with E-state index in [4.69, 9.17) is 12.3 Å². The van der Waals surface area contributed by atoms with E-state index in [1.54, 1.807) is 6.92 Å². The van der Waals surface area contributed by atoms with Crippen LogP contribution in [0.1, 0.15) is 13.3 Å². The third-order valence-corrected chi connectivity index (χ3v) is 14.5. The first kappa shape index (κ1) is 23.2. The van der Waals surface area contributed by atoms with Crippen molar-refractivity contribution in [3.63, 3.8) is 0 Å². The van der Waals surface area contributed by atoms with Gasteiger partial charge in [0.2, 0.25) is 5.91 Å². The van der Waals surface area contributed by atoms with Gasteiger partial charge in [0.15, 0.2) is 25.0 Å². The van der Waals surface area contributed by atoms with E-state index in [9.17, 15) is 4.79 Å². The Morgan fingerprint density at radius 1 is 0.783 bits per heavy atom. The molecule has 0 aromatic carbocycles. The van der Waals surface area contributed by atoms with E-state index in [1.807, 2.05) is 0 Å². The number of nitrogens with one attached hydrogen (secondary N) is 1. The van der Waals surface area contributed by atoms with Crippen LogP contribution in [0.5, 0.6) is 0 Å². The van der Waals surface area contributed by atoms with Crippen LogP contribution >= 0.6 is 0 Å². The molecule has 0 saturated carbocycles. The number of hydrogen-bond acceptors (Lipinski definition) is 4. The second-order valence-corrected chi connectivity index (χ2v) is 25.9. The molecule has 0 heterocycles. The Morgan fingerprint density at radius 2 is 1.13 bits per heavy atom. The lowest BCUT2D eigenvalue weighted by molar-refractivity contribution is -0.118. The second kappa shape index (κ2) is 8.54. The second-order valence-electron chi connectivity index (χ2n) is 8.91. The molecule has 0 aliphatic heterocycles. The Hall–Kier alpha value is 0.218. The van der Waals surface area contributed by atoms with Gasteiger partial charge in [-0.15, -0.1) is 0 Å². The minimum atomic E-state index is -2.74. The van der Waals surface area contributed by atoms with Crippen molar-refractivity contribution in [3.05, 3.63) is 0 Å². The van der Waals surface area contributed by atoms with Gasteiger partial charge in [-0.2, -0.15) is 0 Å². The standard InChI is InChI=1S/C14H37NO4Si4/c1-14(16)15-12-11-13-23(17-20(2,3)4,18-21(5,6)7)19-22(8,9)10/h11-13H2,1-10H3,(H,15,16). The van der Waals surface area contributed by atoms with Crippen molar-refractivity contribution in [2.75, 3.05) is 6.54 Å². The van der Waals surface area contributed by atoms with Crippen LogP contribution in [0.4, 0.5) is 0 Å². The molecule has 1 N–H and O–H groups in total. The smallest absolute Gasteiger partial charge is 0.417 e. The van der Waals surface area contributed by atoms with Gasteiger partial charge in [0.05, 0.1) is 0 Å². The molecular formula is C14H37NO4Si4. The Kier molecular flexibility index (Phi) is 8.62. The highest BCUT2D eigenvalue weighted by molar-refractivity contribution is 6.90. The lowest BCUT2D eigenvalue weighted by Gasteiger charge is -2.43. The highest BCUT2D eigenvalue weighted by atomic mass is 28.5. The fraction of sp³-hybridized carbons (Fsp3) is 0.929. The van der Waals surface area contributed by atoms with Crippen molar-refractivity contribution >= 4 is 39.7 Å². The summed E-state index contributed by atoms with van der Waals surface area (Å²) in [7, 11) is -8.16. The monoisotopic (exact) mass is 395 g/mol. The molecule has 0 rings (SSSR count). The average Bonchev–Trinajstić information content (AvgIpc) is 2.16. The molecule has 0 aromatic rings. The summed E-state index contributed by atoms with van der Waals surface area (Å²) in [5, 5.41) is 2.86.